The van der Waals surface area contributed by atoms with Crippen molar-refractivity contribution in [1.29, 1.82) is 0 Å². The summed E-state index contributed by atoms with van der Waals surface area (Å²) in [5.74, 6) is 1.13. The molecule has 10 nitrogen and oxygen atoms in total. The van der Waals surface area contributed by atoms with Crippen LogP contribution in [0.25, 0.3) is 5.82 Å². The summed E-state index contributed by atoms with van der Waals surface area (Å²) in [5, 5.41) is 4.05. The topological polar surface area (TPSA) is 104 Å². The molecule has 1 saturated carbocycles. The van der Waals surface area contributed by atoms with Crippen molar-refractivity contribution in [3.05, 3.63) is 25.0 Å². The van der Waals surface area contributed by atoms with Crippen molar-refractivity contribution >= 4 is 6.09 Å². The molecule has 10 heteroatoms. The summed E-state index contributed by atoms with van der Waals surface area (Å²) >= 11 is 0. The number of aromatic nitrogens is 5. The van der Waals surface area contributed by atoms with Crippen LogP contribution in [-0.4, -0.2) is 71.7 Å². The highest BCUT2D eigenvalue weighted by molar-refractivity contribution is 5.69. The van der Waals surface area contributed by atoms with Crippen LogP contribution in [-0.2, 0) is 9.47 Å². The molecule has 4 heterocycles. The van der Waals surface area contributed by atoms with Crippen molar-refractivity contribution in [2.45, 2.75) is 108 Å². The zero-order chi connectivity index (χ0) is 23.7. The molecule has 0 radical (unpaired) electrons. The maximum atomic E-state index is 12.7. The fourth-order valence-electron chi connectivity index (χ4n) is 5.40. The Morgan fingerprint density at radius 3 is 2.24 bits per heavy atom. The summed E-state index contributed by atoms with van der Waals surface area (Å²) in [6.07, 6.45) is 14.4. The van der Waals surface area contributed by atoms with Gasteiger partial charge in [0.1, 0.15) is 24.4 Å². The van der Waals surface area contributed by atoms with Crippen molar-refractivity contribution in [2.75, 3.05) is 0 Å². The van der Waals surface area contributed by atoms with Gasteiger partial charge in [0, 0.05) is 12.1 Å². The summed E-state index contributed by atoms with van der Waals surface area (Å²) in [6, 6.07) is 0.467. The Balaban J connectivity index is 1.07. The number of hydrogen-bond acceptors (Lipinski definition) is 8. The van der Waals surface area contributed by atoms with E-state index in [4.69, 9.17) is 14.2 Å². The Morgan fingerprint density at radius 2 is 1.65 bits per heavy atom. The minimum Gasteiger partial charge on any atom is -0.473 e. The average molecular weight is 471 g/mol. The number of piperidine rings is 1. The molecular formula is C24H34N6O4. The lowest BCUT2D eigenvalue weighted by Crippen LogP contribution is -2.50. The van der Waals surface area contributed by atoms with Gasteiger partial charge < -0.3 is 19.1 Å². The number of hydrogen-bond donors (Lipinski definition) is 0. The first-order chi connectivity index (χ1) is 16.3. The predicted octanol–water partition coefficient (Wildman–Crippen LogP) is 3.69. The van der Waals surface area contributed by atoms with E-state index in [1.807, 2.05) is 25.7 Å². The molecule has 0 N–H and O–H groups in total. The van der Waals surface area contributed by atoms with Crippen LogP contribution in [0.5, 0.6) is 5.88 Å². The second-order valence-electron chi connectivity index (χ2n) is 10.6. The molecule has 2 saturated heterocycles. The number of rotatable bonds is 5. The summed E-state index contributed by atoms with van der Waals surface area (Å²) in [4.78, 5) is 27.3. The fourth-order valence-corrected chi connectivity index (χ4v) is 5.40. The molecular weight excluding hydrogens is 436 g/mol. The number of fused-ring (bicyclic) bond motifs is 2. The molecule has 0 unspecified atom stereocenters. The van der Waals surface area contributed by atoms with Crippen LogP contribution >= 0.6 is 0 Å². The van der Waals surface area contributed by atoms with Crippen molar-refractivity contribution in [3.63, 3.8) is 0 Å². The van der Waals surface area contributed by atoms with Crippen molar-refractivity contribution < 1.29 is 19.0 Å². The van der Waals surface area contributed by atoms with Crippen LogP contribution in [0.15, 0.2) is 25.0 Å². The second kappa shape index (κ2) is 9.48. The van der Waals surface area contributed by atoms with Gasteiger partial charge in [0.2, 0.25) is 5.88 Å². The Labute approximate surface area is 200 Å². The summed E-state index contributed by atoms with van der Waals surface area (Å²) in [5.41, 5.74) is -0.463. The first kappa shape index (κ1) is 23.0. The van der Waals surface area contributed by atoms with Gasteiger partial charge in [0.25, 0.3) is 0 Å². The molecule has 0 spiro atoms. The van der Waals surface area contributed by atoms with Crippen molar-refractivity contribution in [2.24, 2.45) is 0 Å². The maximum Gasteiger partial charge on any atom is 0.410 e. The maximum absolute atomic E-state index is 12.7. The quantitative estimate of drug-likeness (QED) is 0.652. The minimum absolute atomic E-state index is 0.122. The lowest BCUT2D eigenvalue weighted by atomic mass is 9.93. The van der Waals surface area contributed by atoms with Crippen LogP contribution in [0.4, 0.5) is 4.79 Å². The van der Waals surface area contributed by atoms with E-state index in [0.717, 1.165) is 51.4 Å². The third-order valence-electron chi connectivity index (χ3n) is 6.86. The molecule has 1 aliphatic carbocycles. The second-order valence-corrected chi connectivity index (χ2v) is 10.6. The molecule has 2 aliphatic heterocycles. The summed E-state index contributed by atoms with van der Waals surface area (Å²) in [6.45, 7) is 5.76. The lowest BCUT2D eigenvalue weighted by molar-refractivity contribution is -0.0814. The van der Waals surface area contributed by atoms with Crippen LogP contribution in [0.3, 0.4) is 0 Å². The Morgan fingerprint density at radius 1 is 0.941 bits per heavy atom. The highest BCUT2D eigenvalue weighted by Crippen LogP contribution is 2.39. The fraction of sp³-hybridized carbons (Fsp3) is 0.708. The molecule has 3 fully saturated rings. The highest BCUT2D eigenvalue weighted by atomic mass is 16.6. The van der Waals surface area contributed by atoms with E-state index >= 15 is 0 Å². The average Bonchev–Trinajstić information content (AvgIpc) is 3.41. The predicted molar refractivity (Wildman–Crippen MR) is 123 cm³/mol. The van der Waals surface area contributed by atoms with Gasteiger partial charge in [-0.1, -0.05) is 0 Å². The van der Waals surface area contributed by atoms with E-state index in [9.17, 15) is 4.79 Å². The van der Waals surface area contributed by atoms with E-state index in [2.05, 4.69) is 20.1 Å². The molecule has 0 aromatic carbocycles. The summed E-state index contributed by atoms with van der Waals surface area (Å²) < 4.78 is 19.8. The zero-order valence-electron chi connectivity index (χ0n) is 20.2. The van der Waals surface area contributed by atoms with Crippen molar-refractivity contribution in [1.82, 2.24) is 29.6 Å². The smallest absolute Gasteiger partial charge is 0.410 e. The molecule has 184 valence electrons. The Bertz CT molecular complexity index is 939. The summed E-state index contributed by atoms with van der Waals surface area (Å²) in [7, 11) is 0. The van der Waals surface area contributed by atoms with Gasteiger partial charge in [0.05, 0.1) is 24.6 Å². The van der Waals surface area contributed by atoms with Gasteiger partial charge in [-0.3, -0.25) is 0 Å². The number of amides is 1. The van der Waals surface area contributed by atoms with E-state index in [0.29, 0.717) is 11.7 Å². The highest BCUT2D eigenvalue weighted by Gasteiger charge is 2.45. The lowest BCUT2D eigenvalue weighted by Gasteiger charge is -2.41. The number of nitrogens with zero attached hydrogens (tertiary/aromatic N) is 6. The molecule has 2 atom stereocenters. The standard InChI is InChI=1S/C24H34N6O4/c1-24(2,3)34-23(31)30-16-4-5-17(30)11-20(10-16)32-18-6-8-19(9-7-18)33-22-13-26-21(12-27-22)29-15-25-14-28-29/h12-20H,4-11H2,1-3H3/t16-,17-,18?,19?/m0/s1. The normalized spacial score (nSPS) is 29.1. The van der Waals surface area contributed by atoms with Gasteiger partial charge in [0.15, 0.2) is 5.82 Å². The molecule has 2 aromatic rings. The van der Waals surface area contributed by atoms with Gasteiger partial charge in [-0.05, 0) is 72.1 Å². The third-order valence-corrected chi connectivity index (χ3v) is 6.86. The third kappa shape index (κ3) is 5.32. The van der Waals surface area contributed by atoms with Crippen LogP contribution < -0.4 is 4.74 Å². The van der Waals surface area contributed by atoms with Crippen LogP contribution in [0.1, 0.15) is 72.1 Å². The van der Waals surface area contributed by atoms with E-state index in [-0.39, 0.29) is 36.5 Å². The van der Waals surface area contributed by atoms with Gasteiger partial charge in [-0.15, -0.1) is 0 Å². The van der Waals surface area contributed by atoms with Crippen molar-refractivity contribution in [3.8, 4) is 11.7 Å². The SMILES string of the molecule is CC(C)(C)OC(=O)N1[C@H]2CC[C@H]1CC(OC1CCC(Oc3cnc(-n4cncn4)cn3)CC1)C2. The first-order valence-electron chi connectivity index (χ1n) is 12.3. The van der Waals surface area contributed by atoms with Gasteiger partial charge in [-0.25, -0.2) is 24.4 Å². The monoisotopic (exact) mass is 470 g/mol. The molecule has 1 amide bonds. The van der Waals surface area contributed by atoms with Crippen LogP contribution in [0.2, 0.25) is 0 Å². The number of ether oxygens (including phenoxy) is 3. The Hall–Kier alpha value is -2.75. The van der Waals surface area contributed by atoms with E-state index in [1.54, 1.807) is 23.4 Å². The Kier molecular flexibility index (Phi) is 6.42. The molecule has 3 aliphatic rings. The van der Waals surface area contributed by atoms with Crippen LogP contribution in [0, 0.1) is 0 Å². The molecule has 34 heavy (non-hydrogen) atoms. The van der Waals surface area contributed by atoms with Gasteiger partial charge in [-0.2, -0.15) is 5.10 Å². The molecule has 2 bridgehead atoms. The van der Waals surface area contributed by atoms with E-state index in [1.165, 1.54) is 6.33 Å². The number of carbonyl (C=O) groups excluding carboxylic acids is 1. The van der Waals surface area contributed by atoms with E-state index < -0.39 is 5.60 Å². The minimum atomic E-state index is -0.463. The van der Waals surface area contributed by atoms with Gasteiger partial charge >= 0.3 is 6.09 Å². The molecule has 2 aromatic heterocycles. The molecule has 5 rings (SSSR count). The number of carbonyl (C=O) groups is 1. The zero-order valence-corrected chi connectivity index (χ0v) is 20.2. The largest absolute Gasteiger partial charge is 0.473 e. The first-order valence-corrected chi connectivity index (χ1v) is 12.3.